The minimum Gasteiger partial charge on any atom is -0.495 e. The van der Waals surface area contributed by atoms with E-state index >= 15 is 0 Å². The zero-order valence-corrected chi connectivity index (χ0v) is 25.7. The Morgan fingerprint density at radius 1 is 0.932 bits per heavy atom. The molecular weight excluding hydrogens is 568 g/mol. The fourth-order valence-electron chi connectivity index (χ4n) is 5.60. The van der Waals surface area contributed by atoms with E-state index in [1.165, 1.54) is 25.3 Å². The number of non-ortho nitro benzene ring substituents is 1. The second-order valence-electron chi connectivity index (χ2n) is 10.6. The van der Waals surface area contributed by atoms with Crippen molar-refractivity contribution >= 4 is 23.3 Å². The maximum Gasteiger partial charge on any atom is 0.336 e. The Morgan fingerprint density at radius 2 is 1.64 bits per heavy atom. The van der Waals surface area contributed by atoms with Gasteiger partial charge in [-0.3, -0.25) is 15.0 Å². The van der Waals surface area contributed by atoms with Gasteiger partial charge < -0.3 is 29.2 Å². The molecule has 2 aromatic carbocycles. The summed E-state index contributed by atoms with van der Waals surface area (Å²) in [7, 11) is 2.94. The number of ether oxygens (including phenoxy) is 4. The average molecular weight is 609 g/mol. The molecule has 12 nitrogen and oxygen atoms in total. The number of hydrogen-bond acceptors (Lipinski definition) is 11. The van der Waals surface area contributed by atoms with Crippen molar-refractivity contribution in [2.24, 2.45) is 0 Å². The van der Waals surface area contributed by atoms with E-state index in [0.29, 0.717) is 36.6 Å². The number of nitro groups is 1. The van der Waals surface area contributed by atoms with Crippen molar-refractivity contribution in [2.45, 2.75) is 26.2 Å². The number of allylic oxidation sites excluding steroid dienone is 2. The van der Waals surface area contributed by atoms with Gasteiger partial charge in [-0.2, -0.15) is 0 Å². The molecule has 0 amide bonds. The lowest BCUT2D eigenvalue weighted by Crippen LogP contribution is -2.47. The predicted octanol–water partition coefficient (Wildman–Crippen LogP) is 3.78. The van der Waals surface area contributed by atoms with Gasteiger partial charge >= 0.3 is 11.9 Å². The number of methoxy groups -OCH3 is 2. The van der Waals surface area contributed by atoms with Gasteiger partial charge in [0.1, 0.15) is 5.75 Å². The lowest BCUT2D eigenvalue weighted by atomic mass is 9.80. The molecular formula is C32H40N4O8. The summed E-state index contributed by atoms with van der Waals surface area (Å²) in [5.41, 5.74) is 2.76. The minimum atomic E-state index is -0.893. The van der Waals surface area contributed by atoms with E-state index in [9.17, 15) is 19.7 Å². The fraction of sp³-hybridized carbons (Fsp3) is 0.438. The van der Waals surface area contributed by atoms with Crippen molar-refractivity contribution in [2.75, 3.05) is 71.7 Å². The SMILES string of the molecule is COC(=O)C1=C(C)NC(C)=C(C(=O)OCCCOCCN2CCN(c3ccccc3OC)CC2)C1c1cccc([N+](=O)[O-])c1. The largest absolute Gasteiger partial charge is 0.495 e. The van der Waals surface area contributed by atoms with E-state index in [1.807, 2.05) is 18.2 Å². The molecule has 2 aliphatic heterocycles. The topological polar surface area (TPSA) is 133 Å². The van der Waals surface area contributed by atoms with E-state index in [2.05, 4.69) is 21.2 Å². The molecule has 236 valence electrons. The quantitative estimate of drug-likeness (QED) is 0.154. The number of hydrogen-bond donors (Lipinski definition) is 1. The van der Waals surface area contributed by atoms with Crippen molar-refractivity contribution in [3.05, 3.63) is 86.7 Å². The van der Waals surface area contributed by atoms with E-state index in [4.69, 9.17) is 18.9 Å². The van der Waals surface area contributed by atoms with Crippen LogP contribution in [-0.2, 0) is 23.8 Å². The van der Waals surface area contributed by atoms with Crippen LogP contribution in [0.15, 0.2) is 71.1 Å². The third-order valence-corrected chi connectivity index (χ3v) is 7.82. The van der Waals surface area contributed by atoms with Crippen LogP contribution in [0.4, 0.5) is 11.4 Å². The molecule has 0 spiro atoms. The molecule has 0 bridgehead atoms. The molecule has 0 aliphatic carbocycles. The monoisotopic (exact) mass is 608 g/mol. The zero-order chi connectivity index (χ0) is 31.6. The Kier molecular flexibility index (Phi) is 11.3. The number of rotatable bonds is 13. The number of piperazine rings is 1. The number of carbonyl (C=O) groups excluding carboxylic acids is 2. The number of esters is 2. The molecule has 0 aromatic heterocycles. The van der Waals surface area contributed by atoms with Gasteiger partial charge in [0, 0.05) is 69.3 Å². The van der Waals surface area contributed by atoms with Gasteiger partial charge in [-0.1, -0.05) is 24.3 Å². The first-order valence-electron chi connectivity index (χ1n) is 14.6. The number of benzene rings is 2. The molecule has 2 heterocycles. The van der Waals surface area contributed by atoms with Crippen LogP contribution in [-0.4, -0.2) is 88.5 Å². The molecule has 12 heteroatoms. The van der Waals surface area contributed by atoms with Crippen molar-refractivity contribution in [3.8, 4) is 5.75 Å². The number of carbonyl (C=O) groups is 2. The van der Waals surface area contributed by atoms with E-state index in [1.54, 1.807) is 27.0 Å². The van der Waals surface area contributed by atoms with E-state index in [-0.39, 0.29) is 23.4 Å². The Morgan fingerprint density at radius 3 is 2.32 bits per heavy atom. The van der Waals surface area contributed by atoms with Gasteiger partial charge in [-0.05, 0) is 31.5 Å². The second kappa shape index (κ2) is 15.3. The van der Waals surface area contributed by atoms with Gasteiger partial charge in [0.15, 0.2) is 0 Å². The smallest absolute Gasteiger partial charge is 0.336 e. The van der Waals surface area contributed by atoms with Crippen LogP contribution in [0.5, 0.6) is 5.75 Å². The Labute approximate surface area is 257 Å². The van der Waals surface area contributed by atoms with Crippen LogP contribution >= 0.6 is 0 Å². The van der Waals surface area contributed by atoms with Crippen LogP contribution in [0.1, 0.15) is 31.7 Å². The predicted molar refractivity (Wildman–Crippen MR) is 164 cm³/mol. The number of dihydropyridines is 1. The van der Waals surface area contributed by atoms with E-state index < -0.39 is 22.8 Å². The average Bonchev–Trinajstić information content (AvgIpc) is 3.03. The minimum absolute atomic E-state index is 0.116. The number of anilines is 1. The van der Waals surface area contributed by atoms with Gasteiger partial charge in [0.05, 0.1) is 55.1 Å². The lowest BCUT2D eigenvalue weighted by molar-refractivity contribution is -0.384. The lowest BCUT2D eigenvalue weighted by Gasteiger charge is -2.36. The molecule has 2 aromatic rings. The maximum absolute atomic E-state index is 13.4. The summed E-state index contributed by atoms with van der Waals surface area (Å²) in [6.07, 6.45) is 0.493. The van der Waals surface area contributed by atoms with Crippen LogP contribution in [0.25, 0.3) is 0 Å². The fourth-order valence-corrected chi connectivity index (χ4v) is 5.60. The van der Waals surface area contributed by atoms with Gasteiger partial charge in [0.2, 0.25) is 0 Å². The second-order valence-corrected chi connectivity index (χ2v) is 10.6. The van der Waals surface area contributed by atoms with Crippen LogP contribution in [0, 0.1) is 10.1 Å². The highest BCUT2D eigenvalue weighted by atomic mass is 16.6. The Balaban J connectivity index is 1.26. The molecule has 44 heavy (non-hydrogen) atoms. The normalized spacial score (nSPS) is 17.3. The number of nitrogens with zero attached hydrogens (tertiary/aromatic N) is 3. The van der Waals surface area contributed by atoms with Gasteiger partial charge in [-0.25, -0.2) is 9.59 Å². The number of nitrogens with one attached hydrogen (secondary N) is 1. The van der Waals surface area contributed by atoms with Crippen LogP contribution in [0.3, 0.4) is 0 Å². The molecule has 0 saturated carbocycles. The Bertz CT molecular complexity index is 1410. The molecule has 4 rings (SSSR count). The van der Waals surface area contributed by atoms with Crippen molar-refractivity contribution in [1.29, 1.82) is 0 Å². The van der Waals surface area contributed by atoms with Gasteiger partial charge in [-0.15, -0.1) is 0 Å². The van der Waals surface area contributed by atoms with Crippen LogP contribution in [0.2, 0.25) is 0 Å². The first-order valence-corrected chi connectivity index (χ1v) is 14.6. The van der Waals surface area contributed by atoms with Crippen molar-refractivity contribution in [1.82, 2.24) is 10.2 Å². The molecule has 0 radical (unpaired) electrons. The van der Waals surface area contributed by atoms with Crippen molar-refractivity contribution < 1.29 is 33.5 Å². The van der Waals surface area contributed by atoms with Crippen molar-refractivity contribution in [3.63, 3.8) is 0 Å². The molecule has 1 saturated heterocycles. The summed E-state index contributed by atoms with van der Waals surface area (Å²) in [5.74, 6) is -1.27. The van der Waals surface area contributed by atoms with Crippen LogP contribution < -0.4 is 15.0 Å². The number of para-hydroxylation sites is 2. The molecule has 2 aliphatic rings. The summed E-state index contributed by atoms with van der Waals surface area (Å²) in [6, 6.07) is 13.9. The standard InChI is InChI=1S/C32H40N4O8/c1-22-28(31(37)42-4)30(24-9-7-10-25(21-24)36(39)40)29(23(2)33-22)32(38)44-19-8-18-43-20-17-34-13-15-35(16-14-34)26-11-5-6-12-27(26)41-3/h5-7,9-12,21,30,33H,8,13-20H2,1-4H3. The molecule has 1 N–H and O–H groups in total. The molecule has 1 atom stereocenters. The first kappa shape index (κ1) is 32.5. The third kappa shape index (κ3) is 7.74. The number of nitro benzene ring substituents is 1. The molecule has 1 fully saturated rings. The third-order valence-electron chi connectivity index (χ3n) is 7.82. The Hall–Kier alpha value is -4.42. The summed E-state index contributed by atoms with van der Waals surface area (Å²) in [6.45, 7) is 8.98. The van der Waals surface area contributed by atoms with E-state index in [0.717, 1.165) is 44.2 Å². The summed E-state index contributed by atoms with van der Waals surface area (Å²) in [4.78, 5) is 41.8. The summed E-state index contributed by atoms with van der Waals surface area (Å²) in [5, 5.41) is 14.5. The summed E-state index contributed by atoms with van der Waals surface area (Å²) < 4.78 is 21.9. The van der Waals surface area contributed by atoms with Gasteiger partial charge in [0.25, 0.3) is 5.69 Å². The highest BCUT2D eigenvalue weighted by Crippen LogP contribution is 2.40. The highest BCUT2D eigenvalue weighted by Gasteiger charge is 2.38. The first-order chi connectivity index (χ1) is 21.2. The maximum atomic E-state index is 13.4. The highest BCUT2D eigenvalue weighted by molar-refractivity contribution is 5.99. The zero-order valence-electron chi connectivity index (χ0n) is 25.7. The molecule has 1 unspecified atom stereocenters. The summed E-state index contributed by atoms with van der Waals surface area (Å²) >= 11 is 0.